The summed E-state index contributed by atoms with van der Waals surface area (Å²) in [5.74, 6) is -0.224. The first-order chi connectivity index (χ1) is 19.2. The van der Waals surface area contributed by atoms with Crippen LogP contribution in [0.15, 0.2) is 146 Å². The van der Waals surface area contributed by atoms with Crippen LogP contribution in [0, 0.1) is 5.82 Å². The minimum Gasteiger partial charge on any atom is -0.356 e. The molecule has 39 heavy (non-hydrogen) atoms. The van der Waals surface area contributed by atoms with E-state index in [0.29, 0.717) is 0 Å². The number of benzene rings is 6. The molecule has 1 N–H and O–H groups in total. The molecule has 0 aliphatic heterocycles. The van der Waals surface area contributed by atoms with E-state index in [1.54, 1.807) is 12.1 Å². The molecule has 0 atom stereocenters. The van der Waals surface area contributed by atoms with Crippen LogP contribution in [0.25, 0.3) is 49.7 Å². The minimum absolute atomic E-state index is 0.224. The third-order valence-corrected chi connectivity index (χ3v) is 7.26. The van der Waals surface area contributed by atoms with Crippen molar-refractivity contribution in [1.29, 1.82) is 0 Å². The van der Waals surface area contributed by atoms with Crippen molar-refractivity contribution in [3.8, 4) is 27.9 Å². The van der Waals surface area contributed by atoms with Crippen molar-refractivity contribution in [1.82, 2.24) is 4.57 Å². The van der Waals surface area contributed by atoms with Crippen LogP contribution >= 0.6 is 0 Å². The molecule has 0 unspecified atom stereocenters. The molecule has 2 nitrogen and oxygen atoms in total. The van der Waals surface area contributed by atoms with E-state index in [9.17, 15) is 4.39 Å². The smallest absolute Gasteiger partial charge is 0.123 e. The van der Waals surface area contributed by atoms with Gasteiger partial charge in [-0.15, -0.1) is 0 Å². The second kappa shape index (κ2) is 9.62. The van der Waals surface area contributed by atoms with Crippen LogP contribution in [-0.4, -0.2) is 4.57 Å². The Kier molecular flexibility index (Phi) is 5.68. The molecule has 0 aliphatic carbocycles. The van der Waals surface area contributed by atoms with Gasteiger partial charge in [0.1, 0.15) is 5.82 Å². The average molecular weight is 505 g/mol. The van der Waals surface area contributed by atoms with Gasteiger partial charge in [0.05, 0.1) is 11.0 Å². The topological polar surface area (TPSA) is 17.0 Å². The summed E-state index contributed by atoms with van der Waals surface area (Å²) in [6, 6.07) is 49.2. The first-order valence-corrected chi connectivity index (χ1v) is 13.0. The number of anilines is 2. The monoisotopic (exact) mass is 504 g/mol. The van der Waals surface area contributed by atoms with E-state index in [4.69, 9.17) is 0 Å². The number of nitrogens with one attached hydrogen (secondary N) is 1. The van der Waals surface area contributed by atoms with Gasteiger partial charge in [-0.2, -0.15) is 0 Å². The van der Waals surface area contributed by atoms with Gasteiger partial charge in [0.25, 0.3) is 0 Å². The Labute approximate surface area is 226 Å². The number of aromatic nitrogens is 1. The third-order valence-electron chi connectivity index (χ3n) is 7.26. The zero-order valence-corrected chi connectivity index (χ0v) is 21.2. The van der Waals surface area contributed by atoms with Gasteiger partial charge >= 0.3 is 0 Å². The van der Waals surface area contributed by atoms with Crippen molar-refractivity contribution in [3.63, 3.8) is 0 Å². The molecule has 0 radical (unpaired) electrons. The highest BCUT2D eigenvalue weighted by Gasteiger charge is 2.13. The Morgan fingerprint density at radius 3 is 1.69 bits per heavy atom. The van der Waals surface area contributed by atoms with Gasteiger partial charge in [-0.05, 0) is 82.9 Å². The predicted molar refractivity (Wildman–Crippen MR) is 161 cm³/mol. The molecule has 0 spiro atoms. The molecule has 0 aliphatic rings. The van der Waals surface area contributed by atoms with Crippen molar-refractivity contribution < 1.29 is 4.39 Å². The maximum Gasteiger partial charge on any atom is 0.123 e. The summed E-state index contributed by atoms with van der Waals surface area (Å²) in [7, 11) is 0. The van der Waals surface area contributed by atoms with Crippen LogP contribution in [0.2, 0.25) is 0 Å². The molecule has 0 amide bonds. The Bertz CT molecular complexity index is 1900. The average Bonchev–Trinajstić information content (AvgIpc) is 3.32. The van der Waals surface area contributed by atoms with Crippen molar-refractivity contribution in [2.45, 2.75) is 0 Å². The second-order valence-electron chi connectivity index (χ2n) is 9.71. The SMILES string of the molecule is Fc1ccc(-c2ccc(Nc3ccc4c(c3)c3ccccc3n4-c3ccc(-c4ccccc4)cc3)cc2)cc1. The fourth-order valence-electron chi connectivity index (χ4n) is 5.32. The molecule has 1 heterocycles. The highest BCUT2D eigenvalue weighted by atomic mass is 19.1. The first kappa shape index (κ1) is 23.0. The number of nitrogens with zero attached hydrogens (tertiary/aromatic N) is 1. The van der Waals surface area contributed by atoms with E-state index in [-0.39, 0.29) is 5.82 Å². The standard InChI is InChI=1S/C36H25FN2/c37-29-16-10-26(11-17-29)27-12-18-30(19-13-27)38-31-20-23-36-34(24-31)33-8-4-5-9-35(33)39(36)32-21-14-28(15-22-32)25-6-2-1-3-7-25/h1-24,38H. The van der Waals surface area contributed by atoms with Gasteiger partial charge in [-0.3, -0.25) is 0 Å². The van der Waals surface area contributed by atoms with Crippen LogP contribution in [-0.2, 0) is 0 Å². The third kappa shape index (κ3) is 4.34. The van der Waals surface area contributed by atoms with Gasteiger partial charge in [0.15, 0.2) is 0 Å². The lowest BCUT2D eigenvalue weighted by Crippen LogP contribution is -1.94. The lowest BCUT2D eigenvalue weighted by molar-refractivity contribution is 0.628. The molecule has 0 saturated heterocycles. The van der Waals surface area contributed by atoms with Gasteiger partial charge < -0.3 is 9.88 Å². The number of hydrogen-bond donors (Lipinski definition) is 1. The quantitative estimate of drug-likeness (QED) is 0.247. The summed E-state index contributed by atoms with van der Waals surface area (Å²) in [5, 5.41) is 5.97. The van der Waals surface area contributed by atoms with Crippen molar-refractivity contribution in [3.05, 3.63) is 151 Å². The fourth-order valence-corrected chi connectivity index (χ4v) is 5.32. The Morgan fingerprint density at radius 2 is 0.974 bits per heavy atom. The summed E-state index contributed by atoms with van der Waals surface area (Å²) < 4.78 is 15.6. The molecule has 0 fully saturated rings. The summed E-state index contributed by atoms with van der Waals surface area (Å²) in [6.45, 7) is 0. The van der Waals surface area contributed by atoms with Crippen LogP contribution in [0.3, 0.4) is 0 Å². The summed E-state index contributed by atoms with van der Waals surface area (Å²) >= 11 is 0. The van der Waals surface area contributed by atoms with Crippen LogP contribution in [0.4, 0.5) is 15.8 Å². The van der Waals surface area contributed by atoms with Gasteiger partial charge in [0, 0.05) is 27.8 Å². The van der Waals surface area contributed by atoms with Crippen LogP contribution in [0.1, 0.15) is 0 Å². The normalized spacial score (nSPS) is 11.2. The first-order valence-electron chi connectivity index (χ1n) is 13.0. The Hall–Kier alpha value is -5.15. The van der Waals surface area contributed by atoms with Gasteiger partial charge in [-0.1, -0.05) is 84.9 Å². The summed E-state index contributed by atoms with van der Waals surface area (Å²) in [5.41, 5.74) is 9.98. The Balaban J connectivity index is 1.23. The van der Waals surface area contributed by atoms with Crippen molar-refractivity contribution >= 4 is 33.2 Å². The van der Waals surface area contributed by atoms with E-state index < -0.39 is 0 Å². The number of halogens is 1. The highest BCUT2D eigenvalue weighted by Crippen LogP contribution is 2.35. The molecule has 6 aromatic carbocycles. The van der Waals surface area contributed by atoms with E-state index in [1.807, 2.05) is 6.07 Å². The molecule has 186 valence electrons. The largest absolute Gasteiger partial charge is 0.356 e. The lowest BCUT2D eigenvalue weighted by atomic mass is 10.1. The zero-order chi connectivity index (χ0) is 26.2. The maximum atomic E-state index is 13.3. The number of fused-ring (bicyclic) bond motifs is 3. The molecule has 3 heteroatoms. The van der Waals surface area contributed by atoms with Gasteiger partial charge in [0.2, 0.25) is 0 Å². The summed E-state index contributed by atoms with van der Waals surface area (Å²) in [4.78, 5) is 0. The molecule has 7 rings (SSSR count). The van der Waals surface area contributed by atoms with Crippen LogP contribution in [0.5, 0.6) is 0 Å². The number of rotatable bonds is 5. The van der Waals surface area contributed by atoms with E-state index >= 15 is 0 Å². The molecule has 7 aromatic rings. The van der Waals surface area contributed by atoms with E-state index in [0.717, 1.165) is 28.2 Å². The highest BCUT2D eigenvalue weighted by molar-refractivity contribution is 6.10. The minimum atomic E-state index is -0.224. The second-order valence-corrected chi connectivity index (χ2v) is 9.71. The van der Waals surface area contributed by atoms with Crippen molar-refractivity contribution in [2.75, 3.05) is 5.32 Å². The van der Waals surface area contributed by atoms with E-state index in [1.165, 1.54) is 45.1 Å². The molecular formula is C36H25FN2. The maximum absolute atomic E-state index is 13.3. The molecule has 0 saturated carbocycles. The van der Waals surface area contributed by atoms with Crippen molar-refractivity contribution in [2.24, 2.45) is 0 Å². The summed E-state index contributed by atoms with van der Waals surface area (Å²) in [6.07, 6.45) is 0. The zero-order valence-electron chi connectivity index (χ0n) is 21.2. The lowest BCUT2D eigenvalue weighted by Gasteiger charge is -2.11. The fraction of sp³-hybridized carbons (Fsp3) is 0. The number of para-hydroxylation sites is 1. The molecular weight excluding hydrogens is 479 g/mol. The van der Waals surface area contributed by atoms with E-state index in [2.05, 4.69) is 125 Å². The molecule has 0 bridgehead atoms. The predicted octanol–water partition coefficient (Wildman–Crippen LogP) is 10.0. The number of hydrogen-bond acceptors (Lipinski definition) is 1. The molecule has 1 aromatic heterocycles. The van der Waals surface area contributed by atoms with Gasteiger partial charge in [-0.25, -0.2) is 4.39 Å². The van der Waals surface area contributed by atoms with Crippen LogP contribution < -0.4 is 5.32 Å². The Morgan fingerprint density at radius 1 is 0.436 bits per heavy atom.